The SMILES string of the molecule is C=C(NC(=O)c1ccccc1)Nc1cc(-c2ccc(OC)c(C(F)(F)F)c2)ccn1. The molecule has 0 bridgehead atoms. The van der Waals surface area contributed by atoms with Gasteiger partial charge in [-0.15, -0.1) is 0 Å². The lowest BCUT2D eigenvalue weighted by Gasteiger charge is -2.14. The number of ether oxygens (including phenoxy) is 1. The number of benzene rings is 2. The summed E-state index contributed by atoms with van der Waals surface area (Å²) in [6.07, 6.45) is -3.10. The third-order valence-corrected chi connectivity index (χ3v) is 4.18. The van der Waals surface area contributed by atoms with Gasteiger partial charge in [-0.1, -0.05) is 30.8 Å². The highest BCUT2D eigenvalue weighted by atomic mass is 19.4. The van der Waals surface area contributed by atoms with Gasteiger partial charge in [0.1, 0.15) is 17.4 Å². The van der Waals surface area contributed by atoms with Crippen LogP contribution in [-0.4, -0.2) is 18.0 Å². The summed E-state index contributed by atoms with van der Waals surface area (Å²) >= 11 is 0. The maximum absolute atomic E-state index is 13.3. The predicted molar refractivity (Wildman–Crippen MR) is 108 cm³/mol. The van der Waals surface area contributed by atoms with Crippen molar-refractivity contribution in [1.29, 1.82) is 0 Å². The van der Waals surface area contributed by atoms with Crippen molar-refractivity contribution in [3.63, 3.8) is 0 Å². The van der Waals surface area contributed by atoms with Crippen LogP contribution >= 0.6 is 0 Å². The molecule has 0 aliphatic heterocycles. The number of pyridine rings is 1. The number of hydrogen-bond donors (Lipinski definition) is 2. The van der Waals surface area contributed by atoms with E-state index in [1.54, 1.807) is 42.5 Å². The van der Waals surface area contributed by atoms with Gasteiger partial charge in [-0.3, -0.25) is 4.79 Å². The van der Waals surface area contributed by atoms with Crippen molar-refractivity contribution in [3.05, 3.63) is 90.4 Å². The predicted octanol–water partition coefficient (Wildman–Crippen LogP) is 5.09. The van der Waals surface area contributed by atoms with E-state index in [2.05, 4.69) is 22.2 Å². The summed E-state index contributed by atoms with van der Waals surface area (Å²) in [5, 5.41) is 5.43. The quantitative estimate of drug-likeness (QED) is 0.591. The van der Waals surface area contributed by atoms with Gasteiger partial charge in [-0.25, -0.2) is 4.98 Å². The lowest BCUT2D eigenvalue weighted by atomic mass is 10.0. The van der Waals surface area contributed by atoms with E-state index in [9.17, 15) is 18.0 Å². The smallest absolute Gasteiger partial charge is 0.419 e. The third-order valence-electron chi connectivity index (χ3n) is 4.18. The highest BCUT2D eigenvalue weighted by Crippen LogP contribution is 2.38. The number of halogens is 3. The van der Waals surface area contributed by atoms with Crippen molar-refractivity contribution in [2.24, 2.45) is 0 Å². The van der Waals surface area contributed by atoms with E-state index in [0.717, 1.165) is 6.07 Å². The molecule has 1 amide bonds. The highest BCUT2D eigenvalue weighted by Gasteiger charge is 2.34. The summed E-state index contributed by atoms with van der Waals surface area (Å²) in [5.74, 6) is -0.112. The Bertz CT molecular complexity index is 1070. The second kappa shape index (κ2) is 8.69. The molecule has 0 radical (unpaired) electrons. The molecule has 154 valence electrons. The number of amides is 1. The van der Waals surface area contributed by atoms with Gasteiger partial charge in [-0.2, -0.15) is 13.2 Å². The van der Waals surface area contributed by atoms with Crippen LogP contribution < -0.4 is 15.4 Å². The average molecular weight is 413 g/mol. The number of rotatable bonds is 6. The Hall–Kier alpha value is -3.81. The molecule has 3 rings (SSSR count). The van der Waals surface area contributed by atoms with E-state index < -0.39 is 11.7 Å². The molecular weight excluding hydrogens is 395 g/mol. The van der Waals surface area contributed by atoms with E-state index >= 15 is 0 Å². The number of nitrogens with one attached hydrogen (secondary N) is 2. The first kappa shape index (κ1) is 20.9. The van der Waals surface area contributed by atoms with Crippen LogP contribution in [0, 0.1) is 0 Å². The van der Waals surface area contributed by atoms with Crippen LogP contribution in [-0.2, 0) is 6.18 Å². The van der Waals surface area contributed by atoms with Crippen molar-refractivity contribution in [2.45, 2.75) is 6.18 Å². The van der Waals surface area contributed by atoms with Gasteiger partial charge in [0.15, 0.2) is 0 Å². The van der Waals surface area contributed by atoms with E-state index in [0.29, 0.717) is 22.5 Å². The summed E-state index contributed by atoms with van der Waals surface area (Å²) in [4.78, 5) is 16.3. The minimum Gasteiger partial charge on any atom is -0.496 e. The fourth-order valence-electron chi connectivity index (χ4n) is 2.77. The molecule has 0 unspecified atom stereocenters. The standard InChI is InChI=1S/C22H18F3N3O2/c1-14(28-21(29)15-6-4-3-5-7-15)27-20-13-17(10-11-26-20)16-8-9-19(30-2)18(12-16)22(23,24)25/h3-13H,1H2,2H3,(H,26,27)(H,28,29). The maximum atomic E-state index is 13.3. The van der Waals surface area contributed by atoms with Crippen LogP contribution in [0.3, 0.4) is 0 Å². The van der Waals surface area contributed by atoms with Gasteiger partial charge in [-0.05, 0) is 47.5 Å². The number of hydrogen-bond acceptors (Lipinski definition) is 4. The number of anilines is 1. The molecule has 8 heteroatoms. The van der Waals surface area contributed by atoms with Crippen LogP contribution in [0.2, 0.25) is 0 Å². The number of carbonyl (C=O) groups is 1. The van der Waals surface area contributed by atoms with Crippen LogP contribution in [0.5, 0.6) is 5.75 Å². The molecule has 0 saturated carbocycles. The normalized spacial score (nSPS) is 10.9. The Labute approximate surface area is 171 Å². The molecule has 2 N–H and O–H groups in total. The van der Waals surface area contributed by atoms with Crippen molar-refractivity contribution in [3.8, 4) is 16.9 Å². The Morgan fingerprint density at radius 3 is 2.40 bits per heavy atom. The van der Waals surface area contributed by atoms with Gasteiger partial charge in [0.25, 0.3) is 5.91 Å². The molecule has 0 fully saturated rings. The first-order chi connectivity index (χ1) is 14.3. The van der Waals surface area contributed by atoms with Gasteiger partial charge in [0, 0.05) is 11.8 Å². The fourth-order valence-corrected chi connectivity index (χ4v) is 2.77. The van der Waals surface area contributed by atoms with E-state index in [1.165, 1.54) is 25.4 Å². The Morgan fingerprint density at radius 1 is 1.03 bits per heavy atom. The summed E-state index contributed by atoms with van der Waals surface area (Å²) in [6.45, 7) is 3.74. The zero-order valence-corrected chi connectivity index (χ0v) is 16.0. The number of alkyl halides is 3. The largest absolute Gasteiger partial charge is 0.496 e. The molecule has 0 spiro atoms. The minimum atomic E-state index is -4.55. The highest BCUT2D eigenvalue weighted by molar-refractivity contribution is 5.95. The van der Waals surface area contributed by atoms with E-state index in [4.69, 9.17) is 4.74 Å². The van der Waals surface area contributed by atoms with Crippen molar-refractivity contribution in [2.75, 3.05) is 12.4 Å². The minimum absolute atomic E-state index is 0.180. The van der Waals surface area contributed by atoms with Crippen LogP contribution in [0.1, 0.15) is 15.9 Å². The van der Waals surface area contributed by atoms with Crippen LogP contribution in [0.4, 0.5) is 19.0 Å². The number of methoxy groups -OCH3 is 1. The summed E-state index contributed by atoms with van der Waals surface area (Å²) in [6, 6.07) is 15.5. The molecule has 1 aromatic heterocycles. The molecule has 3 aromatic rings. The lowest BCUT2D eigenvalue weighted by molar-refractivity contribution is -0.138. The molecule has 0 aliphatic rings. The monoisotopic (exact) mass is 413 g/mol. The molecule has 5 nitrogen and oxygen atoms in total. The Kier molecular flexibility index (Phi) is 6.06. The van der Waals surface area contributed by atoms with Gasteiger partial charge >= 0.3 is 6.18 Å². The second-order valence-corrected chi connectivity index (χ2v) is 6.27. The van der Waals surface area contributed by atoms with Crippen molar-refractivity contribution >= 4 is 11.7 Å². The van der Waals surface area contributed by atoms with Crippen LogP contribution in [0.25, 0.3) is 11.1 Å². The summed E-state index contributed by atoms with van der Waals surface area (Å²) < 4.78 is 44.7. The van der Waals surface area contributed by atoms with Gasteiger partial charge in [0.05, 0.1) is 12.7 Å². The molecule has 2 aromatic carbocycles. The van der Waals surface area contributed by atoms with Gasteiger partial charge in [0.2, 0.25) is 0 Å². The molecule has 0 aliphatic carbocycles. The number of nitrogens with zero attached hydrogens (tertiary/aromatic N) is 1. The zero-order valence-electron chi connectivity index (χ0n) is 16.0. The van der Waals surface area contributed by atoms with E-state index in [-0.39, 0.29) is 17.5 Å². The van der Waals surface area contributed by atoms with Crippen molar-refractivity contribution < 1.29 is 22.7 Å². The topological polar surface area (TPSA) is 63.2 Å². The molecule has 0 atom stereocenters. The maximum Gasteiger partial charge on any atom is 0.419 e. The third kappa shape index (κ3) is 4.96. The molecular formula is C22H18F3N3O2. The second-order valence-electron chi connectivity index (χ2n) is 6.27. The Balaban J connectivity index is 1.78. The molecule has 30 heavy (non-hydrogen) atoms. The van der Waals surface area contributed by atoms with Crippen LogP contribution in [0.15, 0.2) is 79.3 Å². The van der Waals surface area contributed by atoms with E-state index in [1.807, 2.05) is 0 Å². The molecule has 0 saturated heterocycles. The van der Waals surface area contributed by atoms with Gasteiger partial charge < -0.3 is 15.4 Å². The molecule has 1 heterocycles. The summed E-state index contributed by atoms with van der Waals surface area (Å²) in [7, 11) is 1.19. The fraction of sp³-hybridized carbons (Fsp3) is 0.0909. The summed E-state index contributed by atoms with van der Waals surface area (Å²) in [5.41, 5.74) is 0.434. The van der Waals surface area contributed by atoms with Crippen molar-refractivity contribution in [1.82, 2.24) is 10.3 Å². The first-order valence-electron chi connectivity index (χ1n) is 8.82. The average Bonchev–Trinajstić information content (AvgIpc) is 2.73. The number of aromatic nitrogens is 1. The number of carbonyl (C=O) groups excluding carboxylic acids is 1. The lowest BCUT2D eigenvalue weighted by Crippen LogP contribution is -2.26. The Morgan fingerprint density at radius 2 is 1.73 bits per heavy atom. The first-order valence-corrected chi connectivity index (χ1v) is 8.82. The zero-order chi connectivity index (χ0) is 21.7.